The van der Waals surface area contributed by atoms with Crippen molar-refractivity contribution in [1.29, 1.82) is 0 Å². The SMILES string of the molecule is CC(C)(C)OC(=O)NCCOCCOc1cc(F)ccc1-c1nnc(-c2ccc(Cn3ccccc3=O)cc2)c2ccsc12. The van der Waals surface area contributed by atoms with Crippen molar-refractivity contribution in [3.05, 3.63) is 100 Å². The van der Waals surface area contributed by atoms with Crippen molar-refractivity contribution >= 4 is 27.5 Å². The first-order valence-corrected chi connectivity index (χ1v) is 15.0. The van der Waals surface area contributed by atoms with Crippen LogP contribution in [0.5, 0.6) is 5.75 Å². The second-order valence-corrected chi connectivity index (χ2v) is 11.9. The molecular formula is C33H33FN4O5S. The molecule has 3 heterocycles. The van der Waals surface area contributed by atoms with Gasteiger partial charge in [0, 0.05) is 41.4 Å². The van der Waals surface area contributed by atoms with Gasteiger partial charge in [-0.05, 0) is 56.0 Å². The second kappa shape index (κ2) is 13.8. The Labute approximate surface area is 258 Å². The maximum atomic E-state index is 14.2. The van der Waals surface area contributed by atoms with Crippen LogP contribution in [0.15, 0.2) is 83.1 Å². The summed E-state index contributed by atoms with van der Waals surface area (Å²) >= 11 is 1.52. The molecule has 5 aromatic rings. The van der Waals surface area contributed by atoms with Gasteiger partial charge in [0.05, 0.1) is 24.5 Å². The van der Waals surface area contributed by atoms with Crippen LogP contribution in [-0.4, -0.2) is 52.8 Å². The van der Waals surface area contributed by atoms with Crippen LogP contribution in [0.25, 0.3) is 32.6 Å². The number of rotatable bonds is 11. The van der Waals surface area contributed by atoms with E-state index in [9.17, 15) is 14.0 Å². The van der Waals surface area contributed by atoms with Gasteiger partial charge in [-0.1, -0.05) is 30.3 Å². The van der Waals surface area contributed by atoms with Crippen molar-refractivity contribution in [2.24, 2.45) is 0 Å². The number of halogens is 1. The molecule has 44 heavy (non-hydrogen) atoms. The fourth-order valence-electron chi connectivity index (χ4n) is 4.49. The number of pyridine rings is 1. The highest BCUT2D eigenvalue weighted by Crippen LogP contribution is 2.39. The molecule has 0 radical (unpaired) electrons. The van der Waals surface area contributed by atoms with E-state index in [0.29, 0.717) is 23.6 Å². The van der Waals surface area contributed by atoms with Crippen LogP contribution in [-0.2, 0) is 16.0 Å². The Kier molecular flexibility index (Phi) is 9.66. The number of carbonyl (C=O) groups is 1. The van der Waals surface area contributed by atoms with Gasteiger partial charge in [0.25, 0.3) is 5.56 Å². The number of ether oxygens (including phenoxy) is 3. The summed E-state index contributed by atoms with van der Waals surface area (Å²) in [5, 5.41) is 14.6. The van der Waals surface area contributed by atoms with E-state index in [0.717, 1.165) is 26.9 Å². The van der Waals surface area contributed by atoms with Gasteiger partial charge in [-0.3, -0.25) is 4.79 Å². The average Bonchev–Trinajstić information content (AvgIpc) is 3.48. The molecule has 0 saturated heterocycles. The third-order valence-electron chi connectivity index (χ3n) is 6.46. The number of alkyl carbamates (subject to hydrolysis) is 1. The lowest BCUT2D eigenvalue weighted by Crippen LogP contribution is -2.34. The summed E-state index contributed by atoms with van der Waals surface area (Å²) in [6.07, 6.45) is 1.26. The summed E-state index contributed by atoms with van der Waals surface area (Å²) in [6, 6.07) is 19.3. The predicted molar refractivity (Wildman–Crippen MR) is 169 cm³/mol. The molecule has 9 nitrogen and oxygen atoms in total. The quantitative estimate of drug-likeness (QED) is 0.174. The minimum absolute atomic E-state index is 0.0534. The Morgan fingerprint density at radius 1 is 0.977 bits per heavy atom. The highest BCUT2D eigenvalue weighted by molar-refractivity contribution is 7.17. The molecule has 2 aromatic carbocycles. The standard InChI is InChI=1S/C33H33FN4O5S/c1-33(2,3)43-32(40)35-14-16-41-17-18-42-27-20-24(34)11-12-25(27)30-31-26(13-19-44-31)29(36-37-30)23-9-7-22(8-10-23)21-38-15-5-4-6-28(38)39/h4-13,15,19-20H,14,16-18,21H2,1-3H3,(H,35,40). The van der Waals surface area contributed by atoms with Crippen LogP contribution in [0.3, 0.4) is 0 Å². The van der Waals surface area contributed by atoms with Crippen molar-refractivity contribution in [2.45, 2.75) is 32.9 Å². The van der Waals surface area contributed by atoms with E-state index >= 15 is 0 Å². The van der Waals surface area contributed by atoms with Gasteiger partial charge in [0.1, 0.15) is 35.2 Å². The molecule has 5 rings (SSSR count). The smallest absolute Gasteiger partial charge is 0.407 e. The van der Waals surface area contributed by atoms with E-state index in [-0.39, 0.29) is 31.9 Å². The molecule has 11 heteroatoms. The fourth-order valence-corrected chi connectivity index (χ4v) is 5.38. The van der Waals surface area contributed by atoms with E-state index in [1.54, 1.807) is 49.7 Å². The Morgan fingerprint density at radius 3 is 2.55 bits per heavy atom. The largest absolute Gasteiger partial charge is 0.490 e. The summed E-state index contributed by atoms with van der Waals surface area (Å²) in [4.78, 5) is 23.8. The minimum Gasteiger partial charge on any atom is -0.490 e. The first-order valence-electron chi connectivity index (χ1n) is 14.1. The van der Waals surface area contributed by atoms with Crippen molar-refractivity contribution < 1.29 is 23.4 Å². The van der Waals surface area contributed by atoms with Gasteiger partial charge >= 0.3 is 6.09 Å². The van der Waals surface area contributed by atoms with E-state index < -0.39 is 17.5 Å². The van der Waals surface area contributed by atoms with Crippen LogP contribution in [0.4, 0.5) is 9.18 Å². The number of hydrogen-bond donors (Lipinski definition) is 1. The zero-order valence-electron chi connectivity index (χ0n) is 24.7. The first-order chi connectivity index (χ1) is 21.2. The maximum Gasteiger partial charge on any atom is 0.407 e. The molecule has 3 aromatic heterocycles. The van der Waals surface area contributed by atoms with E-state index in [1.807, 2.05) is 41.8 Å². The fraction of sp³-hybridized carbons (Fsp3) is 0.273. The predicted octanol–water partition coefficient (Wildman–Crippen LogP) is 6.29. The number of nitrogens with zero attached hydrogens (tertiary/aromatic N) is 3. The van der Waals surface area contributed by atoms with Gasteiger partial charge in [-0.25, -0.2) is 9.18 Å². The Hall–Kier alpha value is -4.61. The monoisotopic (exact) mass is 616 g/mol. The molecule has 1 amide bonds. The summed E-state index contributed by atoms with van der Waals surface area (Å²) in [5.74, 6) is -0.103. The summed E-state index contributed by atoms with van der Waals surface area (Å²) in [6.45, 7) is 6.82. The Morgan fingerprint density at radius 2 is 1.77 bits per heavy atom. The minimum atomic E-state index is -0.570. The number of amides is 1. The zero-order valence-corrected chi connectivity index (χ0v) is 25.5. The van der Waals surface area contributed by atoms with E-state index in [4.69, 9.17) is 14.2 Å². The molecule has 0 aliphatic heterocycles. The molecule has 0 aliphatic rings. The molecule has 0 saturated carbocycles. The summed E-state index contributed by atoms with van der Waals surface area (Å²) in [5.41, 5.74) is 3.20. The lowest BCUT2D eigenvalue weighted by molar-refractivity contribution is 0.0489. The summed E-state index contributed by atoms with van der Waals surface area (Å²) < 4.78 is 33.4. The third kappa shape index (κ3) is 7.86. The number of carbonyl (C=O) groups excluding carboxylic acids is 1. The zero-order chi connectivity index (χ0) is 31.1. The number of thiophene rings is 1. The van der Waals surface area contributed by atoms with Crippen LogP contribution < -0.4 is 15.6 Å². The molecule has 0 unspecified atom stereocenters. The molecule has 0 spiro atoms. The average molecular weight is 617 g/mol. The molecule has 0 fully saturated rings. The van der Waals surface area contributed by atoms with Gasteiger partial charge in [-0.2, -0.15) is 0 Å². The van der Waals surface area contributed by atoms with E-state index in [1.165, 1.54) is 23.5 Å². The molecule has 228 valence electrons. The molecule has 0 aliphatic carbocycles. The van der Waals surface area contributed by atoms with Gasteiger partial charge in [0.15, 0.2) is 0 Å². The van der Waals surface area contributed by atoms with Gasteiger partial charge < -0.3 is 24.1 Å². The maximum absolute atomic E-state index is 14.2. The van der Waals surface area contributed by atoms with Crippen LogP contribution in [0, 0.1) is 5.82 Å². The van der Waals surface area contributed by atoms with E-state index in [2.05, 4.69) is 15.5 Å². The number of nitrogens with one attached hydrogen (secondary N) is 1. The number of benzene rings is 2. The lowest BCUT2D eigenvalue weighted by Gasteiger charge is -2.19. The van der Waals surface area contributed by atoms with Crippen molar-refractivity contribution in [1.82, 2.24) is 20.1 Å². The van der Waals surface area contributed by atoms with Crippen LogP contribution in [0.2, 0.25) is 0 Å². The normalized spacial score (nSPS) is 11.5. The first kappa shape index (κ1) is 30.8. The number of aromatic nitrogens is 3. The highest BCUT2D eigenvalue weighted by atomic mass is 32.1. The molecular weight excluding hydrogens is 583 g/mol. The number of fused-ring (bicyclic) bond motifs is 1. The Balaban J connectivity index is 1.26. The van der Waals surface area contributed by atoms with Crippen molar-refractivity contribution in [2.75, 3.05) is 26.4 Å². The van der Waals surface area contributed by atoms with Gasteiger partial charge in [0.2, 0.25) is 0 Å². The third-order valence-corrected chi connectivity index (χ3v) is 7.38. The number of hydrogen-bond acceptors (Lipinski definition) is 8. The molecule has 0 atom stereocenters. The Bertz CT molecular complexity index is 1800. The second-order valence-electron chi connectivity index (χ2n) is 11.0. The van der Waals surface area contributed by atoms with Crippen LogP contribution in [0.1, 0.15) is 26.3 Å². The van der Waals surface area contributed by atoms with Crippen molar-refractivity contribution in [3.63, 3.8) is 0 Å². The van der Waals surface area contributed by atoms with Gasteiger partial charge in [-0.15, -0.1) is 21.5 Å². The topological polar surface area (TPSA) is 105 Å². The summed E-state index contributed by atoms with van der Waals surface area (Å²) in [7, 11) is 0. The molecule has 0 bridgehead atoms. The van der Waals surface area contributed by atoms with Crippen LogP contribution >= 0.6 is 11.3 Å². The highest BCUT2D eigenvalue weighted by Gasteiger charge is 2.18. The van der Waals surface area contributed by atoms with Crippen molar-refractivity contribution in [3.8, 4) is 28.3 Å². The lowest BCUT2D eigenvalue weighted by atomic mass is 10.0. The molecule has 1 N–H and O–H groups in total.